The first-order valence-electron chi connectivity index (χ1n) is 9.56. The summed E-state index contributed by atoms with van der Waals surface area (Å²) in [5.74, 6) is 1.88. The minimum absolute atomic E-state index is 0.649. The van der Waals surface area contributed by atoms with Crippen LogP contribution in [0.15, 0.2) is 42.2 Å². The molecule has 1 N–H and O–H groups in total. The fourth-order valence-electron chi connectivity index (χ4n) is 3.43. The molecule has 0 aliphatic heterocycles. The van der Waals surface area contributed by atoms with Gasteiger partial charge < -0.3 is 14.2 Å². The van der Waals surface area contributed by atoms with Gasteiger partial charge in [-0.15, -0.1) is 11.3 Å². The summed E-state index contributed by atoms with van der Waals surface area (Å²) in [5.41, 5.74) is 2.69. The predicted molar refractivity (Wildman–Crippen MR) is 112 cm³/mol. The van der Waals surface area contributed by atoms with Crippen LogP contribution in [0.1, 0.15) is 38.6 Å². The van der Waals surface area contributed by atoms with Crippen molar-refractivity contribution in [2.24, 2.45) is 0 Å². The lowest BCUT2D eigenvalue weighted by Crippen LogP contribution is -2.19. The molecule has 0 saturated carbocycles. The number of nitrogens with zero attached hydrogens (tertiary/aromatic N) is 5. The number of hydrogen-bond acceptors (Lipinski definition) is 5. The quantitative estimate of drug-likeness (QED) is 0.511. The summed E-state index contributed by atoms with van der Waals surface area (Å²) in [6.45, 7) is 7.34. The van der Waals surface area contributed by atoms with Crippen molar-refractivity contribution in [1.29, 1.82) is 0 Å². The van der Waals surface area contributed by atoms with Crippen LogP contribution in [0.2, 0.25) is 0 Å². The molecule has 0 saturated heterocycles. The van der Waals surface area contributed by atoms with Crippen molar-refractivity contribution in [3.63, 3.8) is 0 Å². The normalized spacial score (nSPS) is 12.1. The topological polar surface area (TPSA) is 68.8 Å². The second kappa shape index (κ2) is 7.48. The Morgan fingerprint density at radius 2 is 2.04 bits per heavy atom. The van der Waals surface area contributed by atoms with Crippen LogP contribution < -0.4 is 0 Å². The van der Waals surface area contributed by atoms with E-state index in [4.69, 9.17) is 4.98 Å². The van der Waals surface area contributed by atoms with Crippen molar-refractivity contribution < 1.29 is 5.11 Å². The van der Waals surface area contributed by atoms with Crippen molar-refractivity contribution in [2.75, 3.05) is 0 Å². The molecule has 1 aromatic carbocycles. The molecule has 3 heterocycles. The zero-order chi connectivity index (χ0) is 19.7. The van der Waals surface area contributed by atoms with Crippen LogP contribution in [0, 0.1) is 0 Å². The molecule has 4 aromatic rings. The third-order valence-corrected chi connectivity index (χ3v) is 5.65. The lowest BCUT2D eigenvalue weighted by Gasteiger charge is -2.16. The second-order valence-corrected chi connectivity index (χ2v) is 8.52. The Morgan fingerprint density at radius 1 is 1.18 bits per heavy atom. The predicted octanol–water partition coefficient (Wildman–Crippen LogP) is 4.13. The highest BCUT2D eigenvalue weighted by Gasteiger charge is 2.16. The first-order valence-corrected chi connectivity index (χ1v) is 10.4. The van der Waals surface area contributed by atoms with Crippen LogP contribution in [-0.2, 0) is 19.5 Å². The Labute approximate surface area is 168 Å². The molecule has 4 rings (SSSR count). The molecule has 0 unspecified atom stereocenters. The van der Waals surface area contributed by atoms with Gasteiger partial charge in [-0.2, -0.15) is 0 Å². The second-order valence-electron chi connectivity index (χ2n) is 7.62. The molecule has 0 bridgehead atoms. The number of benzene rings is 1. The maximum Gasteiger partial charge on any atom is 0.169 e. The number of imidazole rings is 2. The lowest BCUT2D eigenvalue weighted by atomic mass is 9.99. The number of fused-ring (bicyclic) bond motifs is 1. The molecule has 0 atom stereocenters. The SMILES string of the molecule is CCn1c(Cn2ccnc2-c2nccs2)nc2cc(CCC(C)(C)O)ccc21. The molecule has 0 amide bonds. The van der Waals surface area contributed by atoms with Crippen LogP contribution in [-0.4, -0.2) is 34.8 Å². The summed E-state index contributed by atoms with van der Waals surface area (Å²) in [6.07, 6.45) is 7.15. The molecule has 28 heavy (non-hydrogen) atoms. The van der Waals surface area contributed by atoms with Crippen LogP contribution in [0.3, 0.4) is 0 Å². The molecule has 0 radical (unpaired) electrons. The van der Waals surface area contributed by atoms with E-state index in [0.717, 1.165) is 47.1 Å². The number of rotatable bonds is 7. The Kier molecular flexibility index (Phi) is 5.03. The average molecular weight is 396 g/mol. The zero-order valence-corrected chi connectivity index (χ0v) is 17.3. The zero-order valence-electron chi connectivity index (χ0n) is 16.5. The van der Waals surface area contributed by atoms with Gasteiger partial charge in [0.15, 0.2) is 10.8 Å². The van der Waals surface area contributed by atoms with Gasteiger partial charge in [0.25, 0.3) is 0 Å². The van der Waals surface area contributed by atoms with Crippen molar-refractivity contribution in [3.05, 3.63) is 53.6 Å². The maximum absolute atomic E-state index is 9.99. The van der Waals surface area contributed by atoms with Gasteiger partial charge in [-0.05, 0) is 51.3 Å². The van der Waals surface area contributed by atoms with E-state index < -0.39 is 5.60 Å². The maximum atomic E-state index is 9.99. The molecule has 0 spiro atoms. The Balaban J connectivity index is 1.65. The summed E-state index contributed by atoms with van der Waals surface area (Å²) >= 11 is 1.59. The highest BCUT2D eigenvalue weighted by atomic mass is 32.1. The Bertz CT molecular complexity index is 1070. The lowest BCUT2D eigenvalue weighted by molar-refractivity contribution is 0.0714. The fraction of sp³-hybridized carbons (Fsp3) is 0.381. The van der Waals surface area contributed by atoms with Crippen LogP contribution in [0.5, 0.6) is 0 Å². The smallest absolute Gasteiger partial charge is 0.169 e. The van der Waals surface area contributed by atoms with Gasteiger partial charge in [0.1, 0.15) is 5.82 Å². The Hall–Kier alpha value is -2.51. The largest absolute Gasteiger partial charge is 0.390 e. The first kappa shape index (κ1) is 18.8. The molecule has 146 valence electrons. The van der Waals surface area contributed by atoms with Gasteiger partial charge in [0.05, 0.1) is 23.2 Å². The fourth-order valence-corrected chi connectivity index (χ4v) is 4.07. The van der Waals surface area contributed by atoms with Crippen molar-refractivity contribution >= 4 is 22.4 Å². The average Bonchev–Trinajstić information content (AvgIpc) is 3.38. The monoisotopic (exact) mass is 395 g/mol. The Morgan fingerprint density at radius 3 is 2.75 bits per heavy atom. The number of aliphatic hydroxyl groups is 1. The van der Waals surface area contributed by atoms with Crippen molar-refractivity contribution in [2.45, 2.75) is 52.3 Å². The van der Waals surface area contributed by atoms with Crippen LogP contribution in [0.25, 0.3) is 21.9 Å². The van der Waals surface area contributed by atoms with E-state index >= 15 is 0 Å². The summed E-state index contributed by atoms with van der Waals surface area (Å²) < 4.78 is 4.35. The summed E-state index contributed by atoms with van der Waals surface area (Å²) in [4.78, 5) is 13.8. The minimum atomic E-state index is -0.656. The molecular formula is C21H25N5OS. The molecule has 3 aromatic heterocycles. The van der Waals surface area contributed by atoms with Gasteiger partial charge in [-0.1, -0.05) is 6.07 Å². The van der Waals surface area contributed by atoms with E-state index in [0.29, 0.717) is 6.54 Å². The number of aryl methyl sites for hydroxylation is 2. The van der Waals surface area contributed by atoms with E-state index in [1.54, 1.807) is 17.5 Å². The summed E-state index contributed by atoms with van der Waals surface area (Å²) in [5, 5.41) is 12.9. The summed E-state index contributed by atoms with van der Waals surface area (Å²) in [7, 11) is 0. The number of thiazole rings is 1. The van der Waals surface area contributed by atoms with Gasteiger partial charge in [0.2, 0.25) is 0 Å². The minimum Gasteiger partial charge on any atom is -0.390 e. The van der Waals surface area contributed by atoms with E-state index in [1.807, 2.05) is 31.6 Å². The van der Waals surface area contributed by atoms with E-state index in [9.17, 15) is 5.11 Å². The van der Waals surface area contributed by atoms with Crippen molar-refractivity contribution in [3.8, 4) is 10.8 Å². The van der Waals surface area contributed by atoms with Gasteiger partial charge in [-0.25, -0.2) is 15.0 Å². The van der Waals surface area contributed by atoms with E-state index in [1.165, 1.54) is 5.56 Å². The molecule has 6 nitrogen and oxygen atoms in total. The molecular weight excluding hydrogens is 370 g/mol. The number of hydrogen-bond donors (Lipinski definition) is 1. The molecule has 7 heteroatoms. The van der Waals surface area contributed by atoms with Gasteiger partial charge in [0, 0.05) is 30.5 Å². The van der Waals surface area contributed by atoms with Crippen LogP contribution >= 0.6 is 11.3 Å². The third-order valence-electron chi connectivity index (χ3n) is 4.88. The van der Waals surface area contributed by atoms with Crippen molar-refractivity contribution in [1.82, 2.24) is 24.1 Å². The first-order chi connectivity index (χ1) is 13.4. The highest BCUT2D eigenvalue weighted by molar-refractivity contribution is 7.13. The van der Waals surface area contributed by atoms with Crippen LogP contribution in [0.4, 0.5) is 0 Å². The van der Waals surface area contributed by atoms with Gasteiger partial charge in [-0.3, -0.25) is 0 Å². The van der Waals surface area contributed by atoms with E-state index in [2.05, 4.69) is 44.2 Å². The molecule has 0 aliphatic rings. The van der Waals surface area contributed by atoms with Gasteiger partial charge >= 0.3 is 0 Å². The van der Waals surface area contributed by atoms with E-state index in [-0.39, 0.29) is 0 Å². The number of aromatic nitrogens is 5. The third kappa shape index (κ3) is 3.86. The highest BCUT2D eigenvalue weighted by Crippen LogP contribution is 2.24. The summed E-state index contributed by atoms with van der Waals surface area (Å²) in [6, 6.07) is 6.43. The molecule has 0 aliphatic carbocycles. The standard InChI is InChI=1S/C21H25N5OS/c1-4-26-17-6-5-15(7-8-21(2,3)27)13-16(17)24-18(26)14-25-11-9-22-19(25)20-23-10-12-28-20/h5-6,9-13,27H,4,7-8,14H2,1-3H3. The molecule has 0 fully saturated rings.